The van der Waals surface area contributed by atoms with E-state index in [9.17, 15) is 13.6 Å². The smallest absolute Gasteiger partial charge is 0.319 e. The number of hydrogen-bond donors (Lipinski definition) is 0. The first-order valence-electron chi connectivity index (χ1n) is 14.3. The zero-order valence-electron chi connectivity index (χ0n) is 24.2. The summed E-state index contributed by atoms with van der Waals surface area (Å²) < 4.78 is 66.1. The summed E-state index contributed by atoms with van der Waals surface area (Å²) in [6, 6.07) is 10.7. The normalized spacial score (nSPS) is 20.9. The van der Waals surface area contributed by atoms with Crippen LogP contribution in [0, 0.1) is 11.6 Å². The number of fused-ring (bicyclic) bond motifs is 2. The van der Waals surface area contributed by atoms with Crippen molar-refractivity contribution >= 4 is 45.0 Å². The number of ether oxygens (including phenoxy) is 1. The van der Waals surface area contributed by atoms with Gasteiger partial charge in [0.15, 0.2) is 11.6 Å². The quantitative estimate of drug-likeness (QED) is 0.184. The van der Waals surface area contributed by atoms with Crippen molar-refractivity contribution in [2.75, 3.05) is 44.7 Å². The van der Waals surface area contributed by atoms with Crippen LogP contribution >= 0.6 is 11.6 Å². The summed E-state index contributed by atoms with van der Waals surface area (Å²) in [6.07, 6.45) is -0.715. The number of alkyl halides is 1. The molecule has 3 aromatic carbocycles. The molecule has 4 aromatic rings. The molecule has 2 fully saturated rings. The third-order valence-electron chi connectivity index (χ3n) is 8.43. The van der Waals surface area contributed by atoms with Crippen LogP contribution in [0.25, 0.3) is 32.8 Å². The Morgan fingerprint density at radius 2 is 1.89 bits per heavy atom. The first-order valence-corrected chi connectivity index (χ1v) is 14.7. The summed E-state index contributed by atoms with van der Waals surface area (Å²) >= 11 is 6.50. The van der Waals surface area contributed by atoms with Gasteiger partial charge in [-0.25, -0.2) is 17.6 Å². The molecule has 7 nitrogen and oxygen atoms in total. The van der Waals surface area contributed by atoms with Crippen molar-refractivity contribution in [3.8, 4) is 17.1 Å². The van der Waals surface area contributed by atoms with Crippen molar-refractivity contribution in [3.63, 3.8) is 0 Å². The first-order chi connectivity index (χ1) is 21.0. The fourth-order valence-corrected chi connectivity index (χ4v) is 6.48. The predicted octanol–water partition coefficient (Wildman–Crippen LogP) is 6.32. The molecule has 0 spiro atoms. The number of amides is 1. The van der Waals surface area contributed by atoms with Crippen molar-refractivity contribution in [1.82, 2.24) is 19.8 Å². The highest BCUT2D eigenvalue weighted by atomic mass is 35.5. The van der Waals surface area contributed by atoms with Gasteiger partial charge in [0.2, 0.25) is 0 Å². The second kappa shape index (κ2) is 11.9. The number of carbonyl (C=O) groups is 1. The number of aromatic nitrogens is 2. The maximum atomic E-state index is 16.6. The highest BCUT2D eigenvalue weighted by molar-refractivity contribution is 6.36. The van der Waals surface area contributed by atoms with Crippen molar-refractivity contribution < 1.29 is 27.1 Å². The molecule has 230 valence electrons. The van der Waals surface area contributed by atoms with E-state index in [0.717, 1.165) is 0 Å². The van der Waals surface area contributed by atoms with Gasteiger partial charge in [0.05, 0.1) is 5.56 Å². The van der Waals surface area contributed by atoms with Crippen LogP contribution in [-0.2, 0) is 4.79 Å². The lowest BCUT2D eigenvalue weighted by Crippen LogP contribution is -2.54. The van der Waals surface area contributed by atoms with E-state index in [-0.39, 0.29) is 79.1 Å². The van der Waals surface area contributed by atoms with E-state index in [1.165, 1.54) is 11.0 Å². The van der Waals surface area contributed by atoms with Crippen molar-refractivity contribution in [3.05, 3.63) is 71.5 Å². The number of halogens is 5. The Morgan fingerprint density at radius 3 is 2.57 bits per heavy atom. The van der Waals surface area contributed by atoms with Gasteiger partial charge in [-0.3, -0.25) is 9.69 Å². The lowest BCUT2D eigenvalue weighted by molar-refractivity contribution is -0.129. The third kappa shape index (κ3) is 5.43. The summed E-state index contributed by atoms with van der Waals surface area (Å²) in [6.45, 7) is 5.69. The highest BCUT2D eigenvalue weighted by Gasteiger charge is 2.33. The molecule has 0 saturated carbocycles. The fraction of sp³-hybridized carbons (Fsp3) is 0.344. The summed E-state index contributed by atoms with van der Waals surface area (Å²) in [5.74, 6) is -3.43. The van der Waals surface area contributed by atoms with Crippen LogP contribution < -0.4 is 9.64 Å². The Labute approximate surface area is 256 Å². The Bertz CT molecular complexity index is 1780. The molecule has 0 radical (unpaired) electrons. The van der Waals surface area contributed by atoms with Gasteiger partial charge in [-0.15, -0.1) is 0 Å². The third-order valence-corrected chi connectivity index (χ3v) is 8.74. The van der Waals surface area contributed by atoms with Gasteiger partial charge in [0.1, 0.15) is 29.9 Å². The van der Waals surface area contributed by atoms with E-state index in [1.54, 1.807) is 55.3 Å². The van der Waals surface area contributed by atoms with Crippen LogP contribution in [0.3, 0.4) is 0 Å². The van der Waals surface area contributed by atoms with Crippen LogP contribution in [0.2, 0.25) is 5.02 Å². The molecular weight excluding hydrogens is 598 g/mol. The fourth-order valence-electron chi connectivity index (χ4n) is 6.20. The lowest BCUT2D eigenvalue weighted by atomic mass is 9.96. The Hall–Kier alpha value is -3.96. The molecule has 3 heterocycles. The topological polar surface area (TPSA) is 61.8 Å². The van der Waals surface area contributed by atoms with Crippen LogP contribution in [0.5, 0.6) is 6.01 Å². The minimum Gasteiger partial charge on any atom is -0.462 e. The molecule has 0 aliphatic carbocycles. The number of piperazine rings is 1. The minimum absolute atomic E-state index is 0.0624. The number of anilines is 1. The summed E-state index contributed by atoms with van der Waals surface area (Å²) in [5.41, 5.74) is -0.204. The summed E-state index contributed by atoms with van der Waals surface area (Å²) in [7, 11) is 1.79. The van der Waals surface area contributed by atoms with Crippen LogP contribution in [0.4, 0.5) is 23.4 Å². The Balaban J connectivity index is 1.48. The molecule has 3 atom stereocenters. The second-order valence-electron chi connectivity index (χ2n) is 11.4. The Kier molecular flexibility index (Phi) is 8.10. The van der Waals surface area contributed by atoms with E-state index in [0.29, 0.717) is 15.8 Å². The van der Waals surface area contributed by atoms with E-state index in [2.05, 4.69) is 16.5 Å². The van der Waals surface area contributed by atoms with Gasteiger partial charge in [-0.1, -0.05) is 48.5 Å². The highest BCUT2D eigenvalue weighted by Crippen LogP contribution is 2.40. The second-order valence-corrected chi connectivity index (χ2v) is 11.8. The van der Waals surface area contributed by atoms with Gasteiger partial charge in [0, 0.05) is 54.1 Å². The minimum atomic E-state index is -1.06. The predicted molar refractivity (Wildman–Crippen MR) is 162 cm³/mol. The number of rotatable bonds is 6. The Morgan fingerprint density at radius 1 is 1.14 bits per heavy atom. The van der Waals surface area contributed by atoms with Gasteiger partial charge in [0.25, 0.3) is 5.91 Å². The molecule has 0 bridgehead atoms. The van der Waals surface area contributed by atoms with E-state index >= 15 is 8.78 Å². The van der Waals surface area contributed by atoms with Gasteiger partial charge in [-0.05, 0) is 43.5 Å². The van der Waals surface area contributed by atoms with Crippen LogP contribution in [0.15, 0.2) is 54.9 Å². The monoisotopic (exact) mass is 627 g/mol. The van der Waals surface area contributed by atoms with Crippen molar-refractivity contribution in [1.29, 1.82) is 0 Å². The average molecular weight is 628 g/mol. The number of likely N-dealkylation sites (N-methyl/N-ethyl adjacent to an activating group) is 1. The van der Waals surface area contributed by atoms with Crippen molar-refractivity contribution in [2.24, 2.45) is 0 Å². The van der Waals surface area contributed by atoms with Crippen molar-refractivity contribution in [2.45, 2.75) is 31.6 Å². The van der Waals surface area contributed by atoms with Crippen LogP contribution in [0.1, 0.15) is 13.3 Å². The molecule has 1 aromatic heterocycles. The van der Waals surface area contributed by atoms with Gasteiger partial charge >= 0.3 is 6.01 Å². The van der Waals surface area contributed by atoms with Gasteiger partial charge in [-0.2, -0.15) is 9.97 Å². The molecule has 12 heteroatoms. The molecule has 0 N–H and O–H groups in total. The number of benzene rings is 3. The van der Waals surface area contributed by atoms with Crippen LogP contribution in [-0.4, -0.2) is 83.8 Å². The summed E-state index contributed by atoms with van der Waals surface area (Å²) in [4.78, 5) is 26.1. The number of carbonyl (C=O) groups excluding carboxylic acids is 1. The standard InChI is InChI=1S/C32H30ClF4N5O2/c1-17-14-41(31(43)18(2)34)10-11-42(17)30-23-13-25(36)27(22-8-4-6-19-7-5-9-24(33)26(19)22)28(37)29(23)38-32(39-30)44-16-21-12-20(35)15-40(21)3/h4-9,13,17,20-21H,2,10-12,14-16H2,1,3H3/t17-,20+,21-/m0/s1. The zero-order valence-corrected chi connectivity index (χ0v) is 24.9. The number of likely N-dealkylation sites (tertiary alicyclic amines) is 1. The molecule has 2 aliphatic rings. The lowest BCUT2D eigenvalue weighted by Gasteiger charge is -2.40. The molecule has 2 saturated heterocycles. The molecule has 0 unspecified atom stereocenters. The number of hydrogen-bond acceptors (Lipinski definition) is 6. The zero-order chi connectivity index (χ0) is 31.3. The molecule has 6 rings (SSSR count). The molecule has 44 heavy (non-hydrogen) atoms. The van der Waals surface area contributed by atoms with E-state index < -0.39 is 35.6 Å². The summed E-state index contributed by atoms with van der Waals surface area (Å²) in [5, 5.41) is 1.65. The van der Waals surface area contributed by atoms with E-state index in [1.807, 2.05) is 4.90 Å². The maximum absolute atomic E-state index is 16.6. The molecular formula is C32H30ClF4N5O2. The molecule has 2 aliphatic heterocycles. The van der Waals surface area contributed by atoms with E-state index in [4.69, 9.17) is 16.3 Å². The van der Waals surface area contributed by atoms with Gasteiger partial charge < -0.3 is 14.5 Å². The largest absolute Gasteiger partial charge is 0.462 e. The number of nitrogens with zero attached hydrogens (tertiary/aromatic N) is 5. The maximum Gasteiger partial charge on any atom is 0.319 e. The molecule has 1 amide bonds. The average Bonchev–Trinajstić information content (AvgIpc) is 3.32. The first kappa shape index (κ1) is 30.1. The SMILES string of the molecule is C=C(F)C(=O)N1CCN(c2nc(OC[C@@H]3C[C@@H](F)CN3C)nc3c(F)c(-c4cccc5cccc(Cl)c45)c(F)cc23)[C@@H](C)C1.